The van der Waals surface area contributed by atoms with Gasteiger partial charge in [0.2, 0.25) is 11.8 Å². The SMILES string of the molecule is COCC(=O)N1CCN(C(=O)C(N)CCC(=O)O)CC1. The number of piperazine rings is 1. The first-order chi connectivity index (χ1) is 9.45. The molecule has 1 aliphatic heterocycles. The van der Waals surface area contributed by atoms with Gasteiger partial charge in [0, 0.05) is 39.7 Å². The lowest BCUT2D eigenvalue weighted by atomic mass is 10.1. The maximum atomic E-state index is 12.0. The van der Waals surface area contributed by atoms with Gasteiger partial charge in [0.15, 0.2) is 0 Å². The quantitative estimate of drug-likeness (QED) is 0.614. The summed E-state index contributed by atoms with van der Waals surface area (Å²) in [6.45, 7) is 1.75. The van der Waals surface area contributed by atoms with Gasteiger partial charge in [-0.3, -0.25) is 14.4 Å². The molecule has 1 heterocycles. The van der Waals surface area contributed by atoms with E-state index < -0.39 is 12.0 Å². The van der Waals surface area contributed by atoms with E-state index in [0.29, 0.717) is 26.2 Å². The van der Waals surface area contributed by atoms with E-state index in [9.17, 15) is 14.4 Å². The number of nitrogens with two attached hydrogens (primary N) is 1. The van der Waals surface area contributed by atoms with E-state index in [0.717, 1.165) is 0 Å². The Balaban J connectivity index is 2.38. The number of ether oxygens (including phenoxy) is 1. The van der Waals surface area contributed by atoms with Crippen LogP contribution in [0.25, 0.3) is 0 Å². The van der Waals surface area contributed by atoms with Crippen molar-refractivity contribution in [1.82, 2.24) is 9.80 Å². The van der Waals surface area contributed by atoms with Gasteiger partial charge in [-0.1, -0.05) is 0 Å². The Morgan fingerprint density at radius 3 is 2.25 bits per heavy atom. The number of aliphatic carboxylic acids is 1. The molecule has 0 aromatic rings. The van der Waals surface area contributed by atoms with E-state index in [2.05, 4.69) is 0 Å². The highest BCUT2D eigenvalue weighted by Gasteiger charge is 2.27. The van der Waals surface area contributed by atoms with Crippen molar-refractivity contribution in [2.45, 2.75) is 18.9 Å². The third-order valence-corrected chi connectivity index (χ3v) is 3.20. The predicted molar refractivity (Wildman–Crippen MR) is 69.9 cm³/mol. The summed E-state index contributed by atoms with van der Waals surface area (Å²) < 4.78 is 4.78. The molecule has 0 aromatic heterocycles. The average Bonchev–Trinajstić information content (AvgIpc) is 2.44. The molecule has 3 N–H and O–H groups in total. The smallest absolute Gasteiger partial charge is 0.303 e. The molecule has 0 saturated carbocycles. The molecule has 114 valence electrons. The van der Waals surface area contributed by atoms with Crippen molar-refractivity contribution in [1.29, 1.82) is 0 Å². The van der Waals surface area contributed by atoms with E-state index in [-0.39, 0.29) is 31.3 Å². The van der Waals surface area contributed by atoms with Crippen molar-refractivity contribution < 1.29 is 24.2 Å². The maximum Gasteiger partial charge on any atom is 0.303 e. The molecule has 1 unspecified atom stereocenters. The predicted octanol–water partition coefficient (Wildman–Crippen LogP) is -1.50. The number of carboxylic acids is 1. The first kappa shape index (κ1) is 16.4. The summed E-state index contributed by atoms with van der Waals surface area (Å²) in [6, 6.07) is -0.799. The fourth-order valence-electron chi connectivity index (χ4n) is 2.03. The van der Waals surface area contributed by atoms with Crippen LogP contribution in [0.4, 0.5) is 0 Å². The van der Waals surface area contributed by atoms with Crippen LogP contribution >= 0.6 is 0 Å². The van der Waals surface area contributed by atoms with E-state index in [1.165, 1.54) is 7.11 Å². The number of hydrogen-bond donors (Lipinski definition) is 2. The van der Waals surface area contributed by atoms with Gasteiger partial charge in [-0.25, -0.2) is 0 Å². The Kier molecular flexibility index (Phi) is 6.40. The van der Waals surface area contributed by atoms with E-state index >= 15 is 0 Å². The molecule has 0 radical (unpaired) electrons. The van der Waals surface area contributed by atoms with Gasteiger partial charge in [0.1, 0.15) is 6.61 Å². The second kappa shape index (κ2) is 7.81. The Hall–Kier alpha value is -1.67. The summed E-state index contributed by atoms with van der Waals surface area (Å²) >= 11 is 0. The maximum absolute atomic E-state index is 12.0. The van der Waals surface area contributed by atoms with Crippen molar-refractivity contribution in [3.63, 3.8) is 0 Å². The normalized spacial score (nSPS) is 16.9. The zero-order valence-corrected chi connectivity index (χ0v) is 11.6. The fraction of sp³-hybridized carbons (Fsp3) is 0.750. The minimum atomic E-state index is -0.969. The van der Waals surface area contributed by atoms with Crippen LogP contribution in [0.15, 0.2) is 0 Å². The Morgan fingerprint density at radius 1 is 1.20 bits per heavy atom. The Morgan fingerprint density at radius 2 is 1.75 bits per heavy atom. The molecule has 0 bridgehead atoms. The second-order valence-corrected chi connectivity index (χ2v) is 4.68. The zero-order chi connectivity index (χ0) is 15.1. The number of hydrogen-bond acceptors (Lipinski definition) is 5. The van der Waals surface area contributed by atoms with Gasteiger partial charge in [-0.2, -0.15) is 0 Å². The van der Waals surface area contributed by atoms with E-state index in [1.54, 1.807) is 9.80 Å². The molecular weight excluding hydrogens is 266 g/mol. The van der Waals surface area contributed by atoms with Crippen molar-refractivity contribution in [3.05, 3.63) is 0 Å². The zero-order valence-electron chi connectivity index (χ0n) is 11.6. The van der Waals surface area contributed by atoms with Gasteiger partial charge in [-0.15, -0.1) is 0 Å². The molecule has 0 aromatic carbocycles. The molecule has 0 spiro atoms. The first-order valence-corrected chi connectivity index (χ1v) is 6.48. The van der Waals surface area contributed by atoms with Gasteiger partial charge in [0.25, 0.3) is 0 Å². The lowest BCUT2D eigenvalue weighted by Crippen LogP contribution is -2.54. The summed E-state index contributed by atoms with van der Waals surface area (Å²) in [5, 5.41) is 8.56. The minimum absolute atomic E-state index is 0.0338. The average molecular weight is 287 g/mol. The van der Waals surface area contributed by atoms with Crippen molar-refractivity contribution in [2.24, 2.45) is 5.73 Å². The number of methoxy groups -OCH3 is 1. The molecular formula is C12H21N3O5. The van der Waals surface area contributed by atoms with Crippen molar-refractivity contribution in [2.75, 3.05) is 39.9 Å². The number of nitrogens with zero attached hydrogens (tertiary/aromatic N) is 2. The highest BCUT2D eigenvalue weighted by molar-refractivity contribution is 5.83. The second-order valence-electron chi connectivity index (χ2n) is 4.68. The van der Waals surface area contributed by atoms with E-state index in [4.69, 9.17) is 15.6 Å². The Labute approximate surface area is 117 Å². The minimum Gasteiger partial charge on any atom is -0.481 e. The monoisotopic (exact) mass is 287 g/mol. The van der Waals surface area contributed by atoms with Crippen LogP contribution in [-0.2, 0) is 19.1 Å². The molecule has 1 saturated heterocycles. The van der Waals surface area contributed by atoms with Crippen molar-refractivity contribution >= 4 is 17.8 Å². The van der Waals surface area contributed by atoms with Crippen LogP contribution in [0.5, 0.6) is 0 Å². The molecule has 8 heteroatoms. The molecule has 1 atom stereocenters. The molecule has 20 heavy (non-hydrogen) atoms. The van der Waals surface area contributed by atoms with Gasteiger partial charge in [-0.05, 0) is 6.42 Å². The van der Waals surface area contributed by atoms with Crippen molar-refractivity contribution in [3.8, 4) is 0 Å². The number of carbonyl (C=O) groups is 3. The number of carbonyl (C=O) groups excluding carboxylic acids is 2. The summed E-state index contributed by atoms with van der Waals surface area (Å²) in [7, 11) is 1.46. The molecule has 2 amide bonds. The molecule has 1 rings (SSSR count). The van der Waals surface area contributed by atoms with E-state index in [1.807, 2.05) is 0 Å². The highest BCUT2D eigenvalue weighted by atomic mass is 16.5. The molecule has 1 aliphatic rings. The topological polar surface area (TPSA) is 113 Å². The summed E-state index contributed by atoms with van der Waals surface area (Å²) in [4.78, 5) is 37.2. The van der Waals surface area contributed by atoms with Crippen LogP contribution in [-0.4, -0.2) is 78.6 Å². The third kappa shape index (κ3) is 4.78. The summed E-state index contributed by atoms with van der Waals surface area (Å²) in [5.74, 6) is -1.33. The van der Waals surface area contributed by atoms with Crippen LogP contribution in [0.2, 0.25) is 0 Å². The molecule has 0 aliphatic carbocycles. The van der Waals surface area contributed by atoms with Gasteiger partial charge in [0.05, 0.1) is 6.04 Å². The number of rotatable bonds is 6. The largest absolute Gasteiger partial charge is 0.481 e. The Bertz CT molecular complexity index is 366. The van der Waals surface area contributed by atoms with Crippen LogP contribution < -0.4 is 5.73 Å². The third-order valence-electron chi connectivity index (χ3n) is 3.20. The fourth-order valence-corrected chi connectivity index (χ4v) is 2.03. The van der Waals surface area contributed by atoms with Crippen LogP contribution in [0.3, 0.4) is 0 Å². The summed E-state index contributed by atoms with van der Waals surface area (Å²) in [6.07, 6.45) is -0.00379. The number of carboxylic acid groups (broad SMARTS) is 1. The standard InChI is InChI=1S/C12H21N3O5/c1-20-8-10(16)14-4-6-15(7-5-14)12(19)9(13)2-3-11(17)18/h9H,2-8,13H2,1H3,(H,17,18). The molecule has 8 nitrogen and oxygen atoms in total. The van der Waals surface area contributed by atoms with Crippen LogP contribution in [0.1, 0.15) is 12.8 Å². The lowest BCUT2D eigenvalue weighted by molar-refractivity contribution is -0.143. The highest BCUT2D eigenvalue weighted by Crippen LogP contribution is 2.06. The molecule has 1 fully saturated rings. The van der Waals surface area contributed by atoms with Crippen LogP contribution in [0, 0.1) is 0 Å². The number of amides is 2. The summed E-state index contributed by atoms with van der Waals surface area (Å²) in [5.41, 5.74) is 5.68. The first-order valence-electron chi connectivity index (χ1n) is 6.48. The van der Waals surface area contributed by atoms with Gasteiger partial charge < -0.3 is 25.4 Å². The van der Waals surface area contributed by atoms with Gasteiger partial charge >= 0.3 is 5.97 Å². The lowest BCUT2D eigenvalue weighted by Gasteiger charge is -2.35.